The molecule has 0 heterocycles. The Kier molecular flexibility index (Phi) is 6.95. The maximum atomic E-state index is 13.2. The van der Waals surface area contributed by atoms with Gasteiger partial charge in [-0.05, 0) is 6.42 Å². The van der Waals surface area contributed by atoms with Gasteiger partial charge in [-0.25, -0.2) is 9.18 Å². The third-order valence-corrected chi connectivity index (χ3v) is 3.04. The highest BCUT2D eigenvalue weighted by molar-refractivity contribution is 5.77. The Morgan fingerprint density at radius 1 is 1.00 bits per heavy atom. The molecule has 21 heavy (non-hydrogen) atoms. The van der Waals surface area contributed by atoms with Gasteiger partial charge in [0, 0.05) is 0 Å². The smallest absolute Gasteiger partial charge is 0.410 e. The molecule has 0 saturated carbocycles. The lowest BCUT2D eigenvalue weighted by Crippen LogP contribution is -2.61. The van der Waals surface area contributed by atoms with Gasteiger partial charge in [0.25, 0.3) is 0 Å². The maximum absolute atomic E-state index is 13.2. The topological polar surface area (TPSA) is 37.3 Å². The predicted molar refractivity (Wildman–Crippen MR) is 60.7 cm³/mol. The molecule has 0 aliphatic carbocycles. The van der Waals surface area contributed by atoms with E-state index >= 15 is 0 Å². The van der Waals surface area contributed by atoms with E-state index in [2.05, 4.69) is 0 Å². The van der Waals surface area contributed by atoms with Crippen LogP contribution in [0.25, 0.3) is 0 Å². The van der Waals surface area contributed by atoms with Crippen LogP contribution in [-0.4, -0.2) is 35.0 Å². The third kappa shape index (κ3) is 4.23. The highest BCUT2D eigenvalue weighted by Gasteiger charge is 2.77. The molecule has 0 aliphatic rings. The van der Waals surface area contributed by atoms with E-state index in [0.717, 1.165) is 12.8 Å². The van der Waals surface area contributed by atoms with Crippen LogP contribution in [-0.2, 0) is 4.79 Å². The minimum absolute atomic E-state index is 0.175. The highest BCUT2D eigenvalue weighted by Crippen LogP contribution is 2.49. The van der Waals surface area contributed by atoms with Crippen molar-refractivity contribution in [2.24, 2.45) is 0 Å². The molecule has 0 radical (unpaired) electrons. The van der Waals surface area contributed by atoms with Gasteiger partial charge in [-0.2, -0.15) is 26.3 Å². The molecule has 126 valence electrons. The van der Waals surface area contributed by atoms with Gasteiger partial charge < -0.3 is 5.11 Å². The van der Waals surface area contributed by atoms with Crippen LogP contribution in [0.1, 0.15) is 45.4 Å². The number of hydrogen-bond acceptors (Lipinski definition) is 1. The average Bonchev–Trinajstić information content (AvgIpc) is 2.37. The fourth-order valence-electron chi connectivity index (χ4n) is 1.65. The number of halogens is 7. The summed E-state index contributed by atoms with van der Waals surface area (Å²) in [6, 6.07) is 0. The molecule has 0 aromatic heterocycles. The van der Waals surface area contributed by atoms with Crippen LogP contribution in [0.5, 0.6) is 0 Å². The summed E-state index contributed by atoms with van der Waals surface area (Å²) in [5.74, 6) is -21.6. The lowest BCUT2D eigenvalue weighted by Gasteiger charge is -2.32. The minimum Gasteiger partial charge on any atom is -0.477 e. The number of aliphatic carboxylic acids is 1. The molecule has 1 N–H and O–H groups in total. The largest absolute Gasteiger partial charge is 0.477 e. The van der Waals surface area contributed by atoms with E-state index in [4.69, 9.17) is 5.11 Å². The van der Waals surface area contributed by atoms with Crippen molar-refractivity contribution in [2.45, 2.75) is 69.4 Å². The predicted octanol–water partition coefficient (Wildman–Crippen LogP) is 4.68. The van der Waals surface area contributed by atoms with Crippen molar-refractivity contribution in [1.29, 1.82) is 0 Å². The quantitative estimate of drug-likeness (QED) is 0.468. The van der Waals surface area contributed by atoms with Crippen molar-refractivity contribution >= 4 is 5.97 Å². The second-order valence-corrected chi connectivity index (χ2v) is 4.75. The summed E-state index contributed by atoms with van der Waals surface area (Å²) in [7, 11) is 0. The molecular formula is C12H17F7O2. The van der Waals surface area contributed by atoms with Crippen molar-refractivity contribution in [3.05, 3.63) is 0 Å². The molecule has 0 aromatic carbocycles. The fourth-order valence-corrected chi connectivity index (χ4v) is 1.65. The monoisotopic (exact) mass is 326 g/mol. The van der Waals surface area contributed by atoms with Crippen LogP contribution in [0, 0.1) is 0 Å². The van der Waals surface area contributed by atoms with Crippen molar-refractivity contribution < 1.29 is 40.6 Å². The van der Waals surface area contributed by atoms with E-state index < -0.39 is 36.3 Å². The minimum atomic E-state index is -6.31. The molecule has 1 atom stereocenters. The molecule has 0 aromatic rings. The van der Waals surface area contributed by atoms with Gasteiger partial charge in [-0.15, -0.1) is 0 Å². The summed E-state index contributed by atoms with van der Waals surface area (Å²) in [6.45, 7) is 1.86. The van der Waals surface area contributed by atoms with Crippen molar-refractivity contribution in [1.82, 2.24) is 0 Å². The molecule has 1 unspecified atom stereocenters. The summed E-state index contributed by atoms with van der Waals surface area (Å²) in [6.07, 6.45) is -2.31. The lowest BCUT2D eigenvalue weighted by molar-refractivity contribution is -0.318. The van der Waals surface area contributed by atoms with Crippen molar-refractivity contribution in [3.8, 4) is 0 Å². The number of carboxylic acids is 1. The van der Waals surface area contributed by atoms with Crippen LogP contribution < -0.4 is 0 Å². The maximum Gasteiger partial charge on any atom is 0.410 e. The van der Waals surface area contributed by atoms with Gasteiger partial charge in [-0.1, -0.05) is 39.0 Å². The van der Waals surface area contributed by atoms with Crippen LogP contribution in [0.4, 0.5) is 30.7 Å². The Morgan fingerprint density at radius 3 is 1.90 bits per heavy atom. The summed E-state index contributed by atoms with van der Waals surface area (Å²) in [5.41, 5.74) is 0. The van der Waals surface area contributed by atoms with Gasteiger partial charge in [0.1, 0.15) is 0 Å². The molecule has 0 aliphatic heterocycles. The van der Waals surface area contributed by atoms with Crippen LogP contribution in [0.2, 0.25) is 0 Å². The van der Waals surface area contributed by atoms with E-state index in [0.29, 0.717) is 12.8 Å². The molecule has 9 heteroatoms. The number of rotatable bonds is 10. The van der Waals surface area contributed by atoms with Gasteiger partial charge in [-0.3, -0.25) is 0 Å². The van der Waals surface area contributed by atoms with E-state index in [1.54, 1.807) is 0 Å². The molecule has 0 amide bonds. The first-order chi connectivity index (χ1) is 9.42. The van der Waals surface area contributed by atoms with Crippen molar-refractivity contribution in [3.63, 3.8) is 0 Å². The Labute approximate surface area is 117 Å². The van der Waals surface area contributed by atoms with E-state index in [1.807, 2.05) is 6.92 Å². The number of alkyl halides is 7. The van der Waals surface area contributed by atoms with E-state index in [1.165, 1.54) is 0 Å². The number of carbonyl (C=O) groups is 1. The number of hydrogen-bond donors (Lipinski definition) is 1. The zero-order valence-electron chi connectivity index (χ0n) is 11.3. The summed E-state index contributed by atoms with van der Waals surface area (Å²) in [4.78, 5) is 9.98. The Hall–Kier alpha value is -1.02. The summed E-state index contributed by atoms with van der Waals surface area (Å²) < 4.78 is 90.9. The standard InChI is InChI=1S/C12H17F7O2/c1-2-3-4-5-6-7-8(13)10(14,15)12(18,19)11(16,17)9(20)21/h8H,2-7H2,1H3,(H,20,21). The number of unbranched alkanes of at least 4 members (excludes halogenated alkanes) is 4. The Morgan fingerprint density at radius 2 is 1.48 bits per heavy atom. The SMILES string of the molecule is CCCCCCCC(F)C(F)(F)C(F)(F)C(F)(F)C(=O)O. The zero-order valence-corrected chi connectivity index (χ0v) is 11.3. The molecule has 0 fully saturated rings. The third-order valence-electron chi connectivity index (χ3n) is 3.04. The molecule has 0 rings (SSSR count). The first-order valence-corrected chi connectivity index (χ1v) is 6.43. The van der Waals surface area contributed by atoms with E-state index in [-0.39, 0.29) is 6.42 Å². The average molecular weight is 326 g/mol. The second-order valence-electron chi connectivity index (χ2n) is 4.75. The second kappa shape index (κ2) is 7.31. The summed E-state index contributed by atoms with van der Waals surface area (Å²) in [5, 5.41) is 7.91. The first-order valence-electron chi connectivity index (χ1n) is 6.43. The normalized spacial score (nSPS) is 15.0. The van der Waals surface area contributed by atoms with Gasteiger partial charge in [0.05, 0.1) is 0 Å². The van der Waals surface area contributed by atoms with Gasteiger partial charge in [0.15, 0.2) is 6.17 Å². The molecular weight excluding hydrogens is 309 g/mol. The Balaban J connectivity index is 4.81. The van der Waals surface area contributed by atoms with Crippen LogP contribution in [0.3, 0.4) is 0 Å². The fraction of sp³-hybridized carbons (Fsp3) is 0.917. The van der Waals surface area contributed by atoms with Crippen LogP contribution >= 0.6 is 0 Å². The number of carboxylic acid groups (broad SMARTS) is 1. The van der Waals surface area contributed by atoms with Crippen molar-refractivity contribution in [2.75, 3.05) is 0 Å². The molecule has 0 bridgehead atoms. The molecule has 2 nitrogen and oxygen atoms in total. The van der Waals surface area contributed by atoms with E-state index in [9.17, 15) is 35.5 Å². The van der Waals surface area contributed by atoms with Gasteiger partial charge in [0.2, 0.25) is 0 Å². The Bertz CT molecular complexity index is 344. The first kappa shape index (κ1) is 20.0. The highest BCUT2D eigenvalue weighted by atomic mass is 19.3. The molecule has 0 spiro atoms. The summed E-state index contributed by atoms with van der Waals surface area (Å²) >= 11 is 0. The van der Waals surface area contributed by atoms with Crippen LogP contribution in [0.15, 0.2) is 0 Å². The lowest BCUT2D eigenvalue weighted by atomic mass is 9.96. The molecule has 0 saturated heterocycles. The van der Waals surface area contributed by atoms with Gasteiger partial charge >= 0.3 is 23.7 Å². The zero-order chi connectivity index (χ0) is 16.9.